The van der Waals surface area contributed by atoms with Crippen molar-refractivity contribution in [1.82, 2.24) is 4.90 Å². The van der Waals surface area contributed by atoms with Crippen molar-refractivity contribution >= 4 is 6.09 Å². The average molecular weight is 213 g/mol. The van der Waals surface area contributed by atoms with E-state index < -0.39 is 11.7 Å². The number of amides is 1. The highest BCUT2D eigenvalue weighted by Crippen LogP contribution is 2.11. The number of hydrogen-bond donors (Lipinski definition) is 1. The first-order chi connectivity index (χ1) is 6.78. The highest BCUT2D eigenvalue weighted by molar-refractivity contribution is 5.69. The normalized spacial score (nSPS) is 13.0. The van der Waals surface area contributed by atoms with Crippen molar-refractivity contribution in [3.63, 3.8) is 0 Å². The van der Waals surface area contributed by atoms with Crippen molar-refractivity contribution in [2.24, 2.45) is 0 Å². The SMILES string of the molecule is C/C=C/C=C(/O)N(C)C(=O)OC(C)(C)C. The summed E-state index contributed by atoms with van der Waals surface area (Å²) >= 11 is 0. The van der Waals surface area contributed by atoms with Gasteiger partial charge in [-0.05, 0) is 33.8 Å². The molecule has 0 saturated heterocycles. The molecule has 4 heteroatoms. The summed E-state index contributed by atoms with van der Waals surface area (Å²) in [6, 6.07) is 0. The molecule has 0 fully saturated rings. The predicted molar refractivity (Wildman–Crippen MR) is 59.5 cm³/mol. The van der Waals surface area contributed by atoms with E-state index in [-0.39, 0.29) is 5.88 Å². The number of carbonyl (C=O) groups excluding carboxylic acids is 1. The Morgan fingerprint density at radius 3 is 2.33 bits per heavy atom. The molecule has 0 rings (SSSR count). The van der Waals surface area contributed by atoms with E-state index in [2.05, 4.69) is 0 Å². The second-order valence-corrected chi connectivity index (χ2v) is 4.09. The summed E-state index contributed by atoms with van der Waals surface area (Å²) in [5, 5.41) is 9.45. The zero-order valence-corrected chi connectivity index (χ0v) is 9.94. The maximum absolute atomic E-state index is 11.4. The molecule has 0 heterocycles. The van der Waals surface area contributed by atoms with Gasteiger partial charge in [-0.25, -0.2) is 4.79 Å². The molecule has 0 atom stereocenters. The lowest BCUT2D eigenvalue weighted by atomic mass is 10.2. The Kier molecular flexibility index (Phi) is 4.91. The third-order valence-electron chi connectivity index (χ3n) is 1.45. The van der Waals surface area contributed by atoms with Gasteiger partial charge < -0.3 is 9.84 Å². The highest BCUT2D eigenvalue weighted by atomic mass is 16.6. The van der Waals surface area contributed by atoms with Crippen molar-refractivity contribution in [2.75, 3.05) is 7.05 Å². The molecular formula is C11H19NO3. The Bertz CT molecular complexity index is 274. The van der Waals surface area contributed by atoms with Crippen LogP contribution in [0.15, 0.2) is 24.1 Å². The Morgan fingerprint density at radius 1 is 1.40 bits per heavy atom. The van der Waals surface area contributed by atoms with E-state index >= 15 is 0 Å². The summed E-state index contributed by atoms with van der Waals surface area (Å²) < 4.78 is 5.06. The van der Waals surface area contributed by atoms with Crippen LogP contribution in [0, 0.1) is 0 Å². The minimum atomic E-state index is -0.583. The van der Waals surface area contributed by atoms with E-state index in [0.717, 1.165) is 4.90 Å². The first-order valence-corrected chi connectivity index (χ1v) is 4.76. The van der Waals surface area contributed by atoms with Crippen LogP contribution in [-0.4, -0.2) is 28.7 Å². The minimum Gasteiger partial charge on any atom is -0.494 e. The molecule has 0 aliphatic heterocycles. The lowest BCUT2D eigenvalue weighted by Gasteiger charge is -2.23. The zero-order valence-electron chi connectivity index (χ0n) is 9.94. The molecule has 0 unspecified atom stereocenters. The fourth-order valence-electron chi connectivity index (χ4n) is 0.718. The van der Waals surface area contributed by atoms with Crippen LogP contribution in [0.25, 0.3) is 0 Å². The van der Waals surface area contributed by atoms with E-state index in [0.29, 0.717) is 0 Å². The van der Waals surface area contributed by atoms with Gasteiger partial charge in [0.25, 0.3) is 0 Å². The van der Waals surface area contributed by atoms with Crippen LogP contribution < -0.4 is 0 Å². The molecule has 1 N–H and O–H groups in total. The van der Waals surface area contributed by atoms with Gasteiger partial charge in [-0.2, -0.15) is 0 Å². The zero-order chi connectivity index (χ0) is 12.1. The molecule has 4 nitrogen and oxygen atoms in total. The van der Waals surface area contributed by atoms with Crippen LogP contribution in [0.5, 0.6) is 0 Å². The van der Waals surface area contributed by atoms with Gasteiger partial charge >= 0.3 is 6.09 Å². The molecule has 0 spiro atoms. The second kappa shape index (κ2) is 5.44. The van der Waals surface area contributed by atoms with Crippen molar-refractivity contribution < 1.29 is 14.6 Å². The minimum absolute atomic E-state index is 0.151. The number of aliphatic hydroxyl groups is 1. The highest BCUT2D eigenvalue weighted by Gasteiger charge is 2.21. The van der Waals surface area contributed by atoms with Gasteiger partial charge in [0.15, 0.2) is 5.88 Å². The third kappa shape index (κ3) is 5.78. The number of rotatable bonds is 2. The Labute approximate surface area is 90.8 Å². The monoisotopic (exact) mass is 213 g/mol. The molecule has 0 bridgehead atoms. The van der Waals surface area contributed by atoms with Gasteiger partial charge in [-0.15, -0.1) is 0 Å². The van der Waals surface area contributed by atoms with E-state index in [1.807, 2.05) is 6.92 Å². The maximum atomic E-state index is 11.4. The molecule has 86 valence electrons. The summed E-state index contributed by atoms with van der Waals surface area (Å²) in [6.45, 7) is 7.12. The number of hydrogen-bond acceptors (Lipinski definition) is 3. The van der Waals surface area contributed by atoms with Crippen molar-refractivity contribution in [1.29, 1.82) is 0 Å². The molecule has 0 saturated carbocycles. The summed E-state index contributed by atoms with van der Waals surface area (Å²) in [4.78, 5) is 12.5. The quantitative estimate of drug-likeness (QED) is 0.566. The summed E-state index contributed by atoms with van der Waals surface area (Å²) in [5.74, 6) is -0.151. The molecule has 0 aromatic rings. The third-order valence-corrected chi connectivity index (χ3v) is 1.45. The average Bonchev–Trinajstić information content (AvgIpc) is 2.10. The van der Waals surface area contributed by atoms with E-state index in [9.17, 15) is 9.90 Å². The molecular weight excluding hydrogens is 194 g/mol. The number of aliphatic hydroxyl groups excluding tert-OH is 1. The first-order valence-electron chi connectivity index (χ1n) is 4.76. The molecule has 0 aliphatic carbocycles. The maximum Gasteiger partial charge on any atom is 0.416 e. The van der Waals surface area contributed by atoms with Crippen LogP contribution in [-0.2, 0) is 4.74 Å². The van der Waals surface area contributed by atoms with Crippen LogP contribution >= 0.6 is 0 Å². The molecule has 0 aromatic carbocycles. The van der Waals surface area contributed by atoms with Gasteiger partial charge in [0.1, 0.15) is 5.60 Å². The summed E-state index contributed by atoms with van der Waals surface area (Å²) in [7, 11) is 1.45. The number of allylic oxidation sites excluding steroid dienone is 3. The van der Waals surface area contributed by atoms with Crippen LogP contribution in [0.3, 0.4) is 0 Å². The van der Waals surface area contributed by atoms with Gasteiger partial charge in [0.2, 0.25) is 0 Å². The first kappa shape index (κ1) is 13.5. The van der Waals surface area contributed by atoms with Gasteiger partial charge in [0, 0.05) is 7.05 Å². The van der Waals surface area contributed by atoms with E-state index in [1.54, 1.807) is 32.9 Å². The molecule has 0 aliphatic rings. The Balaban J connectivity index is 4.45. The van der Waals surface area contributed by atoms with Crippen molar-refractivity contribution in [3.8, 4) is 0 Å². The van der Waals surface area contributed by atoms with Crippen molar-refractivity contribution in [2.45, 2.75) is 33.3 Å². The van der Waals surface area contributed by atoms with Crippen LogP contribution in [0.1, 0.15) is 27.7 Å². The Hall–Kier alpha value is -1.45. The fraction of sp³-hybridized carbons (Fsp3) is 0.545. The van der Waals surface area contributed by atoms with Gasteiger partial charge in [0.05, 0.1) is 0 Å². The lowest BCUT2D eigenvalue weighted by Crippen LogP contribution is -2.33. The molecule has 0 aromatic heterocycles. The fourth-order valence-corrected chi connectivity index (χ4v) is 0.718. The van der Waals surface area contributed by atoms with Crippen LogP contribution in [0.2, 0.25) is 0 Å². The summed E-state index contributed by atoms with van der Waals surface area (Å²) in [5.41, 5.74) is -0.563. The molecule has 0 radical (unpaired) electrons. The molecule has 15 heavy (non-hydrogen) atoms. The van der Waals surface area contributed by atoms with Gasteiger partial charge in [-0.3, -0.25) is 4.90 Å². The van der Waals surface area contributed by atoms with Gasteiger partial charge in [-0.1, -0.05) is 12.2 Å². The largest absolute Gasteiger partial charge is 0.494 e. The predicted octanol–water partition coefficient (Wildman–Crippen LogP) is 2.83. The Morgan fingerprint density at radius 2 is 1.93 bits per heavy atom. The van der Waals surface area contributed by atoms with E-state index in [1.165, 1.54) is 13.1 Å². The number of ether oxygens (including phenoxy) is 1. The van der Waals surface area contributed by atoms with Crippen LogP contribution in [0.4, 0.5) is 4.79 Å². The molecule has 1 amide bonds. The van der Waals surface area contributed by atoms with Crippen molar-refractivity contribution in [3.05, 3.63) is 24.1 Å². The summed E-state index contributed by atoms with van der Waals surface area (Å²) in [6.07, 6.45) is 4.22. The standard InChI is InChI=1S/C11H19NO3/c1-6-7-8-9(13)12(5)10(14)15-11(2,3)4/h6-8,13H,1-5H3/b7-6+,9-8+. The van der Waals surface area contributed by atoms with E-state index in [4.69, 9.17) is 4.74 Å². The number of nitrogens with zero attached hydrogens (tertiary/aromatic N) is 1. The second-order valence-electron chi connectivity index (χ2n) is 4.09. The lowest BCUT2D eigenvalue weighted by molar-refractivity contribution is 0.0280. The number of carbonyl (C=O) groups is 1. The topological polar surface area (TPSA) is 49.8 Å². The smallest absolute Gasteiger partial charge is 0.416 e.